The quantitative estimate of drug-likeness (QED) is 0.559. The predicted molar refractivity (Wildman–Crippen MR) is 76.7 cm³/mol. The first-order valence-corrected chi connectivity index (χ1v) is 6.17. The summed E-state index contributed by atoms with van der Waals surface area (Å²) in [6.07, 6.45) is 4.56. The Morgan fingerprint density at radius 3 is 2.76 bits per heavy atom. The summed E-state index contributed by atoms with van der Waals surface area (Å²) in [4.78, 5) is 8.03. The molecule has 104 valence electrons. The first-order valence-electron chi connectivity index (χ1n) is 6.17. The van der Waals surface area contributed by atoms with Crippen molar-refractivity contribution in [1.29, 1.82) is 5.41 Å². The third kappa shape index (κ3) is 2.71. The summed E-state index contributed by atoms with van der Waals surface area (Å²) < 4.78 is 7.14. The molecule has 3 N–H and O–H groups in total. The van der Waals surface area contributed by atoms with Crippen molar-refractivity contribution < 1.29 is 4.74 Å². The van der Waals surface area contributed by atoms with Crippen molar-refractivity contribution in [3.05, 3.63) is 60.7 Å². The standard InChI is InChI=1S/C14H12N6O/c15-13(16)11-6-7-17-8-12(11)21-14-18-9-20(19-14)10-4-2-1-3-5-10/h1-9H,(H3,15,16). The molecule has 2 heterocycles. The van der Waals surface area contributed by atoms with E-state index in [0.29, 0.717) is 11.3 Å². The zero-order chi connectivity index (χ0) is 14.7. The maximum atomic E-state index is 7.51. The summed E-state index contributed by atoms with van der Waals surface area (Å²) in [7, 11) is 0. The highest BCUT2D eigenvalue weighted by Crippen LogP contribution is 2.21. The number of nitrogens with two attached hydrogens (primary N) is 1. The number of nitrogen functional groups attached to an aromatic ring is 1. The van der Waals surface area contributed by atoms with Crippen LogP contribution in [0.15, 0.2) is 55.1 Å². The Hall–Kier alpha value is -3.22. The molecular formula is C14H12N6O. The molecule has 3 rings (SSSR count). The average Bonchev–Trinajstić information content (AvgIpc) is 2.97. The predicted octanol–water partition coefficient (Wildman–Crippen LogP) is 1.74. The van der Waals surface area contributed by atoms with E-state index in [9.17, 15) is 0 Å². The van der Waals surface area contributed by atoms with Gasteiger partial charge in [0.25, 0.3) is 0 Å². The van der Waals surface area contributed by atoms with Crippen LogP contribution in [0.5, 0.6) is 11.8 Å². The molecule has 0 spiro atoms. The lowest BCUT2D eigenvalue weighted by Gasteiger charge is -2.05. The van der Waals surface area contributed by atoms with Crippen LogP contribution in [0.1, 0.15) is 5.56 Å². The lowest BCUT2D eigenvalue weighted by atomic mass is 10.2. The SMILES string of the molecule is N=C(N)c1ccncc1Oc1ncn(-c2ccccc2)n1. The monoisotopic (exact) mass is 280 g/mol. The van der Waals surface area contributed by atoms with Crippen LogP contribution >= 0.6 is 0 Å². The summed E-state index contributed by atoms with van der Waals surface area (Å²) in [5.74, 6) is 0.241. The Morgan fingerprint density at radius 2 is 2.00 bits per heavy atom. The summed E-state index contributed by atoms with van der Waals surface area (Å²) in [6.45, 7) is 0. The van der Waals surface area contributed by atoms with Crippen LogP contribution in [0.4, 0.5) is 0 Å². The number of para-hydroxylation sites is 1. The van der Waals surface area contributed by atoms with E-state index in [2.05, 4.69) is 15.1 Å². The minimum atomic E-state index is -0.102. The van der Waals surface area contributed by atoms with Gasteiger partial charge < -0.3 is 10.5 Å². The number of nitrogens with one attached hydrogen (secondary N) is 1. The zero-order valence-electron chi connectivity index (χ0n) is 11.0. The molecule has 0 radical (unpaired) electrons. The van der Waals surface area contributed by atoms with Gasteiger partial charge in [0.2, 0.25) is 0 Å². The van der Waals surface area contributed by atoms with Crippen molar-refractivity contribution in [1.82, 2.24) is 19.7 Å². The van der Waals surface area contributed by atoms with E-state index < -0.39 is 0 Å². The number of pyridine rings is 1. The van der Waals surface area contributed by atoms with Gasteiger partial charge in [-0.25, -0.2) is 4.68 Å². The fourth-order valence-electron chi connectivity index (χ4n) is 1.78. The van der Waals surface area contributed by atoms with Crippen molar-refractivity contribution in [2.45, 2.75) is 0 Å². The molecule has 0 atom stereocenters. The first kappa shape index (κ1) is 12.8. The van der Waals surface area contributed by atoms with Crippen molar-refractivity contribution in [2.75, 3.05) is 0 Å². The van der Waals surface area contributed by atoms with Crippen LogP contribution in [0.3, 0.4) is 0 Å². The number of ether oxygens (including phenoxy) is 1. The molecule has 0 bridgehead atoms. The average molecular weight is 280 g/mol. The van der Waals surface area contributed by atoms with Crippen molar-refractivity contribution in [3.63, 3.8) is 0 Å². The zero-order valence-corrected chi connectivity index (χ0v) is 11.0. The molecule has 0 fully saturated rings. The number of hydrogen-bond donors (Lipinski definition) is 2. The van der Waals surface area contributed by atoms with Gasteiger partial charge in [-0.05, 0) is 18.2 Å². The van der Waals surface area contributed by atoms with Crippen molar-refractivity contribution >= 4 is 5.84 Å². The summed E-state index contributed by atoms with van der Waals surface area (Å²) in [5, 5.41) is 11.7. The largest absolute Gasteiger partial charge is 0.421 e. The van der Waals surface area contributed by atoms with E-state index in [0.717, 1.165) is 5.69 Å². The van der Waals surface area contributed by atoms with Gasteiger partial charge in [-0.15, -0.1) is 5.10 Å². The topological polar surface area (TPSA) is 103 Å². The Morgan fingerprint density at radius 1 is 1.19 bits per heavy atom. The number of benzene rings is 1. The molecule has 0 saturated heterocycles. The summed E-state index contributed by atoms with van der Waals surface area (Å²) in [5.41, 5.74) is 6.81. The van der Waals surface area contributed by atoms with Crippen LogP contribution in [-0.4, -0.2) is 25.6 Å². The maximum Gasteiger partial charge on any atom is 0.341 e. The van der Waals surface area contributed by atoms with E-state index in [4.69, 9.17) is 15.9 Å². The number of amidine groups is 1. The van der Waals surface area contributed by atoms with Gasteiger partial charge in [0, 0.05) is 6.20 Å². The molecule has 0 unspecified atom stereocenters. The molecule has 0 aliphatic carbocycles. The van der Waals surface area contributed by atoms with Gasteiger partial charge in [-0.1, -0.05) is 18.2 Å². The first-order chi connectivity index (χ1) is 10.2. The van der Waals surface area contributed by atoms with Gasteiger partial charge in [0.1, 0.15) is 12.2 Å². The Labute approximate surface area is 120 Å². The molecule has 21 heavy (non-hydrogen) atoms. The van der Waals surface area contributed by atoms with Gasteiger partial charge in [0.15, 0.2) is 5.75 Å². The van der Waals surface area contributed by atoms with Crippen molar-refractivity contribution in [2.24, 2.45) is 5.73 Å². The van der Waals surface area contributed by atoms with Gasteiger partial charge in [-0.2, -0.15) is 4.98 Å². The van der Waals surface area contributed by atoms with E-state index in [-0.39, 0.29) is 11.8 Å². The number of aromatic nitrogens is 4. The fraction of sp³-hybridized carbons (Fsp3) is 0. The van der Waals surface area contributed by atoms with Crippen molar-refractivity contribution in [3.8, 4) is 17.4 Å². The Bertz CT molecular complexity index is 768. The molecule has 2 aromatic heterocycles. The highest BCUT2D eigenvalue weighted by Gasteiger charge is 2.10. The van der Waals surface area contributed by atoms with E-state index in [1.807, 2.05) is 30.3 Å². The van der Waals surface area contributed by atoms with Crippen LogP contribution in [0, 0.1) is 5.41 Å². The van der Waals surface area contributed by atoms with Crippen LogP contribution in [0.2, 0.25) is 0 Å². The van der Waals surface area contributed by atoms with Crippen LogP contribution < -0.4 is 10.5 Å². The summed E-state index contributed by atoms with van der Waals surface area (Å²) >= 11 is 0. The molecule has 7 nitrogen and oxygen atoms in total. The second-order valence-electron chi connectivity index (χ2n) is 4.19. The number of rotatable bonds is 4. The van der Waals surface area contributed by atoms with E-state index >= 15 is 0 Å². The third-order valence-electron chi connectivity index (χ3n) is 2.77. The van der Waals surface area contributed by atoms with Gasteiger partial charge in [-0.3, -0.25) is 10.4 Å². The highest BCUT2D eigenvalue weighted by molar-refractivity contribution is 5.97. The minimum absolute atomic E-state index is 0.102. The van der Waals surface area contributed by atoms with E-state index in [1.165, 1.54) is 6.20 Å². The number of nitrogens with zero attached hydrogens (tertiary/aromatic N) is 4. The van der Waals surface area contributed by atoms with Crippen LogP contribution in [0.25, 0.3) is 5.69 Å². The smallest absolute Gasteiger partial charge is 0.341 e. The lowest BCUT2D eigenvalue weighted by Crippen LogP contribution is -2.12. The molecule has 0 saturated carbocycles. The molecule has 3 aromatic rings. The van der Waals surface area contributed by atoms with Crippen LogP contribution in [-0.2, 0) is 0 Å². The van der Waals surface area contributed by atoms with E-state index in [1.54, 1.807) is 23.3 Å². The second kappa shape index (κ2) is 5.41. The second-order valence-corrected chi connectivity index (χ2v) is 4.19. The Balaban J connectivity index is 1.87. The maximum absolute atomic E-state index is 7.51. The molecule has 7 heteroatoms. The van der Waals surface area contributed by atoms with Gasteiger partial charge >= 0.3 is 6.01 Å². The molecule has 0 aliphatic heterocycles. The molecule has 0 amide bonds. The lowest BCUT2D eigenvalue weighted by molar-refractivity contribution is 0.438. The molecule has 0 aliphatic rings. The Kier molecular flexibility index (Phi) is 3.30. The van der Waals surface area contributed by atoms with Gasteiger partial charge in [0.05, 0.1) is 17.4 Å². The molecular weight excluding hydrogens is 268 g/mol. The summed E-state index contributed by atoms with van der Waals surface area (Å²) in [6, 6.07) is 11.3. The fourth-order valence-corrected chi connectivity index (χ4v) is 1.78. The highest BCUT2D eigenvalue weighted by atomic mass is 16.5. The molecule has 1 aromatic carbocycles. The number of hydrogen-bond acceptors (Lipinski definition) is 5. The third-order valence-corrected chi connectivity index (χ3v) is 2.77. The normalized spacial score (nSPS) is 10.3. The minimum Gasteiger partial charge on any atom is -0.421 e.